The summed E-state index contributed by atoms with van der Waals surface area (Å²) in [7, 11) is 0. The summed E-state index contributed by atoms with van der Waals surface area (Å²) in [6.07, 6.45) is 4.39. The molecule has 2 aromatic rings. The Kier molecular flexibility index (Phi) is 2.96. The van der Waals surface area contributed by atoms with Crippen LogP contribution in [0.4, 0.5) is 11.4 Å². The fourth-order valence-corrected chi connectivity index (χ4v) is 2.59. The molecule has 2 aromatic carbocycles. The largest absolute Gasteiger partial charge is 0.337 e. The molecule has 90 valence electrons. The van der Waals surface area contributed by atoms with Gasteiger partial charge in [-0.15, -0.1) is 0 Å². The molecule has 18 heavy (non-hydrogen) atoms. The van der Waals surface area contributed by atoms with Crippen LogP contribution in [0.2, 0.25) is 0 Å². The van der Waals surface area contributed by atoms with Crippen LogP contribution in [0, 0.1) is 6.92 Å². The van der Waals surface area contributed by atoms with Crippen molar-refractivity contribution in [2.45, 2.75) is 6.92 Å². The average molecular weight is 300 g/mol. The third-order valence-electron chi connectivity index (χ3n) is 3.21. The molecular formula is C16H14BrN. The standard InChI is InChI=1S/C16H14BrN/c1-12-4-8-15(9-5-12)18-10-2-3-13-6-7-14(17)11-16(13)18/h2-9,11H,10H2,1H3. The van der Waals surface area contributed by atoms with E-state index in [-0.39, 0.29) is 0 Å². The molecule has 0 fully saturated rings. The zero-order chi connectivity index (χ0) is 12.5. The molecule has 0 amide bonds. The van der Waals surface area contributed by atoms with Gasteiger partial charge in [-0.2, -0.15) is 0 Å². The van der Waals surface area contributed by atoms with Crippen LogP contribution >= 0.6 is 15.9 Å². The predicted octanol–water partition coefficient (Wildman–Crippen LogP) is 4.92. The van der Waals surface area contributed by atoms with Crippen LogP contribution in [0.15, 0.2) is 53.0 Å². The number of hydrogen-bond donors (Lipinski definition) is 0. The first-order valence-electron chi connectivity index (χ1n) is 6.04. The van der Waals surface area contributed by atoms with Crippen LogP contribution in [0.25, 0.3) is 6.08 Å². The number of hydrogen-bond acceptors (Lipinski definition) is 1. The minimum absolute atomic E-state index is 0.923. The number of anilines is 2. The zero-order valence-corrected chi connectivity index (χ0v) is 11.8. The van der Waals surface area contributed by atoms with Crippen molar-refractivity contribution in [1.29, 1.82) is 0 Å². The molecule has 3 rings (SSSR count). The van der Waals surface area contributed by atoms with Crippen LogP contribution in [0.5, 0.6) is 0 Å². The molecule has 1 nitrogen and oxygen atoms in total. The summed E-state index contributed by atoms with van der Waals surface area (Å²) in [4.78, 5) is 2.33. The molecule has 0 radical (unpaired) electrons. The van der Waals surface area contributed by atoms with Gasteiger partial charge in [0.25, 0.3) is 0 Å². The van der Waals surface area contributed by atoms with Gasteiger partial charge in [-0.1, -0.05) is 51.8 Å². The Labute approximate surface area is 116 Å². The lowest BCUT2D eigenvalue weighted by Crippen LogP contribution is -2.20. The van der Waals surface area contributed by atoms with Crippen LogP contribution in [-0.2, 0) is 0 Å². The summed E-state index contributed by atoms with van der Waals surface area (Å²) in [5, 5.41) is 0. The lowest BCUT2D eigenvalue weighted by Gasteiger charge is -2.28. The van der Waals surface area contributed by atoms with E-state index in [9.17, 15) is 0 Å². The molecule has 0 N–H and O–H groups in total. The van der Waals surface area contributed by atoms with Gasteiger partial charge in [-0.25, -0.2) is 0 Å². The van der Waals surface area contributed by atoms with Gasteiger partial charge in [0.2, 0.25) is 0 Å². The van der Waals surface area contributed by atoms with Crippen molar-refractivity contribution in [2.24, 2.45) is 0 Å². The summed E-state index contributed by atoms with van der Waals surface area (Å²) in [5.41, 5.74) is 5.06. The van der Waals surface area contributed by atoms with E-state index in [0.717, 1.165) is 11.0 Å². The van der Waals surface area contributed by atoms with Gasteiger partial charge in [-0.05, 0) is 36.8 Å². The second-order valence-electron chi connectivity index (χ2n) is 4.55. The Morgan fingerprint density at radius 1 is 1.06 bits per heavy atom. The fraction of sp³-hybridized carbons (Fsp3) is 0.125. The summed E-state index contributed by atoms with van der Waals surface area (Å²) in [5.74, 6) is 0. The number of benzene rings is 2. The lowest BCUT2D eigenvalue weighted by molar-refractivity contribution is 1.08. The van der Waals surface area contributed by atoms with Crippen molar-refractivity contribution < 1.29 is 0 Å². The molecular weight excluding hydrogens is 286 g/mol. The van der Waals surface area contributed by atoms with Crippen molar-refractivity contribution in [3.8, 4) is 0 Å². The van der Waals surface area contributed by atoms with Gasteiger partial charge in [0.15, 0.2) is 0 Å². The molecule has 0 aliphatic carbocycles. The van der Waals surface area contributed by atoms with Crippen LogP contribution in [0.3, 0.4) is 0 Å². The first kappa shape index (κ1) is 11.5. The maximum atomic E-state index is 3.55. The van der Waals surface area contributed by atoms with Crippen molar-refractivity contribution in [3.05, 3.63) is 64.1 Å². The van der Waals surface area contributed by atoms with Crippen LogP contribution < -0.4 is 4.90 Å². The maximum Gasteiger partial charge on any atom is 0.0498 e. The normalized spacial score (nSPS) is 13.6. The molecule has 0 unspecified atom stereocenters. The van der Waals surface area contributed by atoms with Gasteiger partial charge < -0.3 is 4.90 Å². The summed E-state index contributed by atoms with van der Waals surface area (Å²) in [6, 6.07) is 15.1. The van der Waals surface area contributed by atoms with Crippen molar-refractivity contribution in [2.75, 3.05) is 11.4 Å². The molecule has 0 bridgehead atoms. The minimum Gasteiger partial charge on any atom is -0.337 e. The predicted molar refractivity (Wildman–Crippen MR) is 81.4 cm³/mol. The smallest absolute Gasteiger partial charge is 0.0498 e. The maximum absolute atomic E-state index is 3.55. The highest BCUT2D eigenvalue weighted by atomic mass is 79.9. The molecule has 1 aliphatic heterocycles. The fourth-order valence-electron chi connectivity index (χ4n) is 2.24. The number of halogens is 1. The van der Waals surface area contributed by atoms with E-state index in [1.165, 1.54) is 22.5 Å². The number of aryl methyl sites for hydroxylation is 1. The number of rotatable bonds is 1. The Hall–Kier alpha value is -1.54. The van der Waals surface area contributed by atoms with E-state index in [1.54, 1.807) is 0 Å². The molecule has 2 heteroatoms. The lowest BCUT2D eigenvalue weighted by atomic mass is 10.1. The van der Waals surface area contributed by atoms with E-state index in [1.807, 2.05) is 0 Å². The summed E-state index contributed by atoms with van der Waals surface area (Å²) < 4.78 is 1.12. The van der Waals surface area contributed by atoms with E-state index < -0.39 is 0 Å². The second-order valence-corrected chi connectivity index (χ2v) is 5.47. The highest BCUT2D eigenvalue weighted by molar-refractivity contribution is 9.10. The highest BCUT2D eigenvalue weighted by Gasteiger charge is 2.14. The Bertz CT molecular complexity index is 599. The first-order chi connectivity index (χ1) is 8.74. The second kappa shape index (κ2) is 4.62. The van der Waals surface area contributed by atoms with Gasteiger partial charge in [0, 0.05) is 22.4 Å². The zero-order valence-electron chi connectivity index (χ0n) is 10.2. The van der Waals surface area contributed by atoms with Gasteiger partial charge >= 0.3 is 0 Å². The molecule has 0 atom stereocenters. The van der Waals surface area contributed by atoms with E-state index in [0.29, 0.717) is 0 Å². The van der Waals surface area contributed by atoms with Gasteiger partial charge in [0.05, 0.1) is 0 Å². The minimum atomic E-state index is 0.923. The molecule has 1 aliphatic rings. The number of nitrogens with zero attached hydrogens (tertiary/aromatic N) is 1. The van der Waals surface area contributed by atoms with Gasteiger partial charge in [0.1, 0.15) is 0 Å². The molecule has 0 aromatic heterocycles. The van der Waals surface area contributed by atoms with E-state index in [4.69, 9.17) is 0 Å². The van der Waals surface area contributed by atoms with Crippen molar-refractivity contribution in [3.63, 3.8) is 0 Å². The molecule has 0 saturated heterocycles. The van der Waals surface area contributed by atoms with Gasteiger partial charge in [-0.3, -0.25) is 0 Å². The first-order valence-corrected chi connectivity index (χ1v) is 6.84. The van der Waals surface area contributed by atoms with Crippen LogP contribution in [0.1, 0.15) is 11.1 Å². The quantitative estimate of drug-likeness (QED) is 0.722. The van der Waals surface area contributed by atoms with E-state index in [2.05, 4.69) is 82.4 Å². The Balaban J connectivity index is 2.07. The van der Waals surface area contributed by atoms with Crippen LogP contribution in [-0.4, -0.2) is 6.54 Å². The SMILES string of the molecule is Cc1ccc(N2CC=Cc3ccc(Br)cc32)cc1. The monoisotopic (exact) mass is 299 g/mol. The molecule has 1 heterocycles. The average Bonchev–Trinajstić information content (AvgIpc) is 2.39. The Morgan fingerprint density at radius 2 is 1.83 bits per heavy atom. The van der Waals surface area contributed by atoms with Crippen molar-refractivity contribution in [1.82, 2.24) is 0 Å². The van der Waals surface area contributed by atoms with E-state index >= 15 is 0 Å². The Morgan fingerprint density at radius 3 is 2.61 bits per heavy atom. The molecule has 0 saturated carbocycles. The third-order valence-corrected chi connectivity index (χ3v) is 3.71. The number of fused-ring (bicyclic) bond motifs is 1. The third kappa shape index (κ3) is 2.08. The van der Waals surface area contributed by atoms with Crippen molar-refractivity contribution >= 4 is 33.4 Å². The summed E-state index contributed by atoms with van der Waals surface area (Å²) in [6.45, 7) is 3.04. The highest BCUT2D eigenvalue weighted by Crippen LogP contribution is 2.34. The topological polar surface area (TPSA) is 3.24 Å². The summed E-state index contributed by atoms with van der Waals surface area (Å²) >= 11 is 3.55. The molecule has 0 spiro atoms.